The van der Waals surface area contributed by atoms with Gasteiger partial charge in [-0.2, -0.15) is 0 Å². The van der Waals surface area contributed by atoms with Crippen molar-refractivity contribution in [2.45, 2.75) is 12.5 Å². The van der Waals surface area contributed by atoms with Crippen LogP contribution in [0.3, 0.4) is 0 Å². The summed E-state index contributed by atoms with van der Waals surface area (Å²) in [4.78, 5) is 45.8. The van der Waals surface area contributed by atoms with Gasteiger partial charge in [-0.15, -0.1) is 0 Å². The van der Waals surface area contributed by atoms with Crippen molar-refractivity contribution in [2.75, 3.05) is 5.32 Å². The normalized spacial score (nSPS) is 14.3. The van der Waals surface area contributed by atoms with Crippen LogP contribution in [-0.2, 0) is 6.54 Å². The SMILES string of the molecule is O=C(c1ccccc1)C1c2c(n(Cc3ccccc3)c(=O)[nH]c2=O)Nc2[nH]c3ccccc3c21. The number of ketones is 1. The second kappa shape index (κ2) is 7.74. The van der Waals surface area contributed by atoms with E-state index in [0.29, 0.717) is 22.8 Å². The number of rotatable bonds is 4. The second-order valence-electron chi connectivity index (χ2n) is 8.34. The molecule has 0 amide bonds. The zero-order valence-electron chi connectivity index (χ0n) is 18.0. The van der Waals surface area contributed by atoms with Crippen LogP contribution < -0.4 is 16.6 Å². The molecule has 0 spiro atoms. The number of aromatic amines is 2. The smallest absolute Gasteiger partial charge is 0.330 e. The lowest BCUT2D eigenvalue weighted by molar-refractivity contribution is 0.0973. The molecular formula is C27H20N4O3. The van der Waals surface area contributed by atoms with Gasteiger partial charge in [0.05, 0.1) is 18.0 Å². The molecule has 2 aromatic heterocycles. The summed E-state index contributed by atoms with van der Waals surface area (Å²) in [6, 6.07) is 26.1. The Hall–Kier alpha value is -4.65. The van der Waals surface area contributed by atoms with E-state index >= 15 is 0 Å². The summed E-state index contributed by atoms with van der Waals surface area (Å²) in [5.41, 5.74) is 2.07. The van der Waals surface area contributed by atoms with Gasteiger partial charge in [0.15, 0.2) is 5.78 Å². The van der Waals surface area contributed by atoms with Crippen molar-refractivity contribution in [1.82, 2.24) is 14.5 Å². The summed E-state index contributed by atoms with van der Waals surface area (Å²) in [5.74, 6) is -0.151. The first-order valence-electron chi connectivity index (χ1n) is 11.0. The minimum Gasteiger partial charge on any atom is -0.341 e. The molecule has 0 radical (unpaired) electrons. The molecule has 5 aromatic rings. The van der Waals surface area contributed by atoms with Gasteiger partial charge in [-0.3, -0.25) is 19.1 Å². The van der Waals surface area contributed by atoms with Crippen molar-refractivity contribution in [3.63, 3.8) is 0 Å². The summed E-state index contributed by atoms with van der Waals surface area (Å²) in [6.45, 7) is 0.244. The van der Waals surface area contributed by atoms with E-state index in [4.69, 9.17) is 0 Å². The third-order valence-corrected chi connectivity index (χ3v) is 6.31. The first kappa shape index (κ1) is 20.0. The van der Waals surface area contributed by atoms with Crippen molar-refractivity contribution in [3.05, 3.63) is 128 Å². The largest absolute Gasteiger partial charge is 0.341 e. The summed E-state index contributed by atoms with van der Waals surface area (Å²) in [5, 5.41) is 4.12. The monoisotopic (exact) mass is 448 g/mol. The number of carbonyl (C=O) groups excluding carboxylic acids is 1. The lowest BCUT2D eigenvalue weighted by atomic mass is 9.83. The van der Waals surface area contributed by atoms with E-state index in [-0.39, 0.29) is 17.9 Å². The average molecular weight is 448 g/mol. The van der Waals surface area contributed by atoms with Gasteiger partial charge < -0.3 is 10.3 Å². The number of anilines is 2. The number of nitrogens with zero attached hydrogens (tertiary/aromatic N) is 1. The highest BCUT2D eigenvalue weighted by Crippen LogP contribution is 2.44. The van der Waals surface area contributed by atoms with Crippen molar-refractivity contribution in [3.8, 4) is 0 Å². The number of Topliss-reactive ketones (excluding diaryl/α,β-unsaturated/α-hetero) is 1. The molecular weight excluding hydrogens is 428 g/mol. The lowest BCUT2D eigenvalue weighted by Gasteiger charge is -2.28. The Morgan fingerprint density at radius 1 is 0.794 bits per heavy atom. The number of hydrogen-bond donors (Lipinski definition) is 3. The summed E-state index contributed by atoms with van der Waals surface area (Å²) < 4.78 is 1.48. The highest BCUT2D eigenvalue weighted by molar-refractivity contribution is 6.09. The highest BCUT2D eigenvalue weighted by Gasteiger charge is 2.38. The average Bonchev–Trinajstić information content (AvgIpc) is 3.24. The fraction of sp³-hybridized carbons (Fsp3) is 0.0741. The van der Waals surface area contributed by atoms with Gasteiger partial charge in [-0.05, 0) is 11.6 Å². The number of nitrogens with one attached hydrogen (secondary N) is 3. The number of H-pyrrole nitrogens is 2. The van der Waals surface area contributed by atoms with E-state index in [1.165, 1.54) is 4.57 Å². The molecule has 166 valence electrons. The molecule has 3 heterocycles. The molecule has 6 rings (SSSR count). The molecule has 7 heteroatoms. The van der Waals surface area contributed by atoms with Gasteiger partial charge in [-0.1, -0.05) is 78.9 Å². The molecule has 1 atom stereocenters. The minimum atomic E-state index is -0.879. The Balaban J connectivity index is 1.63. The first-order chi connectivity index (χ1) is 16.6. The van der Waals surface area contributed by atoms with Crippen LogP contribution in [0, 0.1) is 0 Å². The van der Waals surface area contributed by atoms with Gasteiger partial charge in [0.25, 0.3) is 5.56 Å². The molecule has 3 aromatic carbocycles. The maximum atomic E-state index is 13.9. The third kappa shape index (κ3) is 3.09. The van der Waals surface area contributed by atoms with Crippen molar-refractivity contribution < 1.29 is 4.79 Å². The zero-order chi connectivity index (χ0) is 23.2. The predicted octanol–water partition coefficient (Wildman–Crippen LogP) is 4.14. The second-order valence-corrected chi connectivity index (χ2v) is 8.34. The van der Waals surface area contributed by atoms with Crippen molar-refractivity contribution >= 4 is 28.3 Å². The Kier molecular flexibility index (Phi) is 4.55. The molecule has 1 unspecified atom stereocenters. The van der Waals surface area contributed by atoms with Crippen LogP contribution in [0.25, 0.3) is 10.9 Å². The molecule has 3 N–H and O–H groups in total. The van der Waals surface area contributed by atoms with Crippen LogP contribution >= 0.6 is 0 Å². The summed E-state index contributed by atoms with van der Waals surface area (Å²) >= 11 is 0. The van der Waals surface area contributed by atoms with Gasteiger partial charge in [0, 0.05) is 22.0 Å². The Bertz CT molecular complexity index is 1660. The van der Waals surface area contributed by atoms with E-state index in [1.807, 2.05) is 60.7 Å². The molecule has 1 aliphatic heterocycles. The van der Waals surface area contributed by atoms with Crippen molar-refractivity contribution in [2.24, 2.45) is 0 Å². The molecule has 7 nitrogen and oxygen atoms in total. The number of carbonyl (C=O) groups is 1. The number of para-hydroxylation sites is 1. The van der Waals surface area contributed by atoms with Gasteiger partial charge in [-0.25, -0.2) is 4.79 Å². The topological polar surface area (TPSA) is 99.8 Å². The fourth-order valence-corrected chi connectivity index (χ4v) is 4.76. The van der Waals surface area contributed by atoms with Crippen molar-refractivity contribution in [1.29, 1.82) is 0 Å². The molecule has 0 fully saturated rings. The number of benzene rings is 3. The van der Waals surface area contributed by atoms with E-state index in [0.717, 1.165) is 16.5 Å². The predicted molar refractivity (Wildman–Crippen MR) is 131 cm³/mol. The minimum absolute atomic E-state index is 0.204. The van der Waals surface area contributed by atoms with E-state index in [9.17, 15) is 14.4 Å². The van der Waals surface area contributed by atoms with Crippen LogP contribution in [0.5, 0.6) is 0 Å². The fourth-order valence-electron chi connectivity index (χ4n) is 4.76. The van der Waals surface area contributed by atoms with Crippen LogP contribution in [-0.4, -0.2) is 20.3 Å². The maximum Gasteiger partial charge on any atom is 0.330 e. The Morgan fingerprint density at radius 2 is 1.47 bits per heavy atom. The molecule has 0 bridgehead atoms. The quantitative estimate of drug-likeness (QED) is 0.360. The summed E-state index contributed by atoms with van der Waals surface area (Å²) in [7, 11) is 0. The van der Waals surface area contributed by atoms with E-state index in [1.54, 1.807) is 24.3 Å². The first-order valence-corrected chi connectivity index (χ1v) is 11.0. The zero-order valence-corrected chi connectivity index (χ0v) is 18.0. The lowest BCUT2D eigenvalue weighted by Crippen LogP contribution is -2.38. The van der Waals surface area contributed by atoms with Crippen LogP contribution in [0.1, 0.15) is 33.0 Å². The highest BCUT2D eigenvalue weighted by atomic mass is 16.2. The Labute approximate surface area is 193 Å². The van der Waals surface area contributed by atoms with E-state index in [2.05, 4.69) is 15.3 Å². The number of fused-ring (bicyclic) bond motifs is 4. The maximum absolute atomic E-state index is 13.9. The van der Waals surface area contributed by atoms with Gasteiger partial charge in [0.2, 0.25) is 0 Å². The molecule has 34 heavy (non-hydrogen) atoms. The molecule has 0 saturated heterocycles. The Morgan fingerprint density at radius 3 is 2.24 bits per heavy atom. The van der Waals surface area contributed by atoms with Crippen LogP contribution in [0.4, 0.5) is 11.6 Å². The van der Waals surface area contributed by atoms with E-state index < -0.39 is 17.2 Å². The van der Waals surface area contributed by atoms with Crippen LogP contribution in [0.15, 0.2) is 94.5 Å². The van der Waals surface area contributed by atoms with Crippen LogP contribution in [0.2, 0.25) is 0 Å². The summed E-state index contributed by atoms with van der Waals surface area (Å²) in [6.07, 6.45) is 0. The van der Waals surface area contributed by atoms with Gasteiger partial charge >= 0.3 is 5.69 Å². The standard InChI is InChI=1S/C27H20N4O3/c32-23(17-11-5-2-6-12-17)21-20-18-13-7-8-14-19(18)28-24(20)29-25-22(21)26(33)30-27(34)31(25)15-16-9-3-1-4-10-16/h1-14,21,28-29H,15H2,(H,30,33,34). The third-order valence-electron chi connectivity index (χ3n) is 6.31. The van der Waals surface area contributed by atoms with Gasteiger partial charge in [0.1, 0.15) is 11.6 Å². The number of hydrogen-bond acceptors (Lipinski definition) is 4. The molecule has 0 saturated carbocycles. The number of aromatic nitrogens is 3. The molecule has 1 aliphatic rings. The molecule has 0 aliphatic carbocycles.